The van der Waals surface area contributed by atoms with Gasteiger partial charge in [-0.25, -0.2) is 14.3 Å². The third-order valence-electron chi connectivity index (χ3n) is 6.49. The summed E-state index contributed by atoms with van der Waals surface area (Å²) in [6, 6.07) is 12.5. The molecule has 9 nitrogen and oxygen atoms in total. The summed E-state index contributed by atoms with van der Waals surface area (Å²) in [7, 11) is 0. The molecule has 1 aromatic carbocycles. The molecule has 2 aliphatic heterocycles. The van der Waals surface area contributed by atoms with Gasteiger partial charge < -0.3 is 24.6 Å². The number of amides is 1. The molecule has 3 aromatic rings. The van der Waals surface area contributed by atoms with Crippen molar-refractivity contribution in [2.75, 3.05) is 49.6 Å². The van der Waals surface area contributed by atoms with Gasteiger partial charge in [-0.15, -0.1) is 5.10 Å². The largest absolute Gasteiger partial charge is 0.444 e. The van der Waals surface area contributed by atoms with Gasteiger partial charge in [-0.1, -0.05) is 0 Å². The van der Waals surface area contributed by atoms with Crippen molar-refractivity contribution in [2.45, 2.75) is 45.1 Å². The van der Waals surface area contributed by atoms with Gasteiger partial charge in [0.1, 0.15) is 5.60 Å². The predicted molar refractivity (Wildman–Crippen MR) is 136 cm³/mol. The standard InChI is InChI=1S/C26H34N6O3/c1-26(2,3)35-25(33)31-12-10-19(11-13-31)23-9-8-22-18-27-24(29-32(22)23)28-20-4-6-21(7-5-20)30-14-16-34-17-15-30/h4-9,18-19H,10-17H2,1-3H3,(H,28,29). The number of aromatic nitrogens is 3. The predicted octanol–water partition coefficient (Wildman–Crippen LogP) is 4.42. The average Bonchev–Trinajstić information content (AvgIpc) is 3.27. The molecule has 2 aliphatic rings. The van der Waals surface area contributed by atoms with Crippen LogP contribution in [0.1, 0.15) is 45.2 Å². The molecule has 5 rings (SSSR count). The Labute approximate surface area is 206 Å². The molecule has 35 heavy (non-hydrogen) atoms. The number of piperidine rings is 1. The number of carbonyl (C=O) groups excluding carboxylic acids is 1. The van der Waals surface area contributed by atoms with Crippen molar-refractivity contribution in [3.8, 4) is 0 Å². The Morgan fingerprint density at radius 2 is 1.74 bits per heavy atom. The van der Waals surface area contributed by atoms with Crippen molar-refractivity contribution in [1.82, 2.24) is 19.5 Å². The van der Waals surface area contributed by atoms with E-state index in [0.29, 0.717) is 25.0 Å². The van der Waals surface area contributed by atoms with Crippen LogP contribution in [0.4, 0.5) is 22.1 Å². The van der Waals surface area contributed by atoms with Gasteiger partial charge in [-0.3, -0.25) is 0 Å². The summed E-state index contributed by atoms with van der Waals surface area (Å²) in [6.45, 7) is 10.4. The number of hydrogen-bond acceptors (Lipinski definition) is 7. The highest BCUT2D eigenvalue weighted by atomic mass is 16.6. The van der Waals surface area contributed by atoms with Gasteiger partial charge in [0.05, 0.1) is 24.9 Å². The van der Waals surface area contributed by atoms with Crippen LogP contribution in [0.25, 0.3) is 5.52 Å². The fraction of sp³-hybridized carbons (Fsp3) is 0.500. The Bertz CT molecular complexity index is 1160. The normalized spacial score (nSPS) is 17.6. The molecule has 4 heterocycles. The van der Waals surface area contributed by atoms with E-state index in [-0.39, 0.29) is 6.09 Å². The number of likely N-dealkylation sites (tertiary alicyclic amines) is 1. The molecule has 0 saturated carbocycles. The first kappa shape index (κ1) is 23.4. The van der Waals surface area contributed by atoms with Crippen LogP contribution in [0.15, 0.2) is 42.6 Å². The molecule has 9 heteroatoms. The van der Waals surface area contributed by atoms with Crippen LogP contribution in [0.2, 0.25) is 0 Å². The van der Waals surface area contributed by atoms with Gasteiger partial charge in [0.25, 0.3) is 0 Å². The summed E-state index contributed by atoms with van der Waals surface area (Å²) in [6.07, 6.45) is 3.36. The lowest BCUT2D eigenvalue weighted by Gasteiger charge is -2.33. The van der Waals surface area contributed by atoms with Crippen LogP contribution in [0, 0.1) is 0 Å². The van der Waals surface area contributed by atoms with Gasteiger partial charge in [0.2, 0.25) is 5.95 Å². The zero-order valence-corrected chi connectivity index (χ0v) is 20.7. The first-order valence-electron chi connectivity index (χ1n) is 12.4. The second-order valence-corrected chi connectivity index (χ2v) is 10.2. The summed E-state index contributed by atoms with van der Waals surface area (Å²) >= 11 is 0. The minimum atomic E-state index is -0.477. The lowest BCUT2D eigenvalue weighted by Crippen LogP contribution is -2.41. The molecular formula is C26H34N6O3. The van der Waals surface area contributed by atoms with Crippen molar-refractivity contribution in [1.29, 1.82) is 0 Å². The number of hydrogen-bond donors (Lipinski definition) is 1. The smallest absolute Gasteiger partial charge is 0.410 e. The highest BCUT2D eigenvalue weighted by molar-refractivity contribution is 5.68. The molecule has 0 bridgehead atoms. The fourth-order valence-corrected chi connectivity index (χ4v) is 4.68. The lowest BCUT2D eigenvalue weighted by atomic mass is 9.94. The zero-order chi connectivity index (χ0) is 24.4. The number of nitrogens with zero attached hydrogens (tertiary/aromatic N) is 5. The van der Waals surface area contributed by atoms with Crippen molar-refractivity contribution in [2.24, 2.45) is 0 Å². The van der Waals surface area contributed by atoms with E-state index in [1.807, 2.05) is 31.5 Å². The van der Waals surface area contributed by atoms with E-state index in [9.17, 15) is 4.79 Å². The second-order valence-electron chi connectivity index (χ2n) is 10.2. The van der Waals surface area contributed by atoms with E-state index in [0.717, 1.165) is 56.0 Å². The maximum atomic E-state index is 12.4. The Balaban J connectivity index is 1.25. The van der Waals surface area contributed by atoms with Gasteiger partial charge in [-0.05, 0) is 70.0 Å². The lowest BCUT2D eigenvalue weighted by molar-refractivity contribution is 0.0203. The van der Waals surface area contributed by atoms with Crippen molar-refractivity contribution >= 4 is 28.9 Å². The number of morpholine rings is 1. The number of rotatable bonds is 4. The number of benzene rings is 1. The molecule has 0 atom stereocenters. The molecular weight excluding hydrogens is 444 g/mol. The van der Waals surface area contributed by atoms with Crippen LogP contribution < -0.4 is 10.2 Å². The molecule has 2 saturated heterocycles. The Kier molecular flexibility index (Phi) is 6.51. The minimum absolute atomic E-state index is 0.232. The second kappa shape index (κ2) is 9.73. The van der Waals surface area contributed by atoms with Crippen LogP contribution in [-0.4, -0.2) is 70.6 Å². The molecule has 1 N–H and O–H groups in total. The zero-order valence-electron chi connectivity index (χ0n) is 20.7. The Morgan fingerprint density at radius 1 is 1.03 bits per heavy atom. The summed E-state index contributed by atoms with van der Waals surface area (Å²) in [5.41, 5.74) is 3.77. The van der Waals surface area contributed by atoms with E-state index in [1.54, 1.807) is 4.90 Å². The monoisotopic (exact) mass is 478 g/mol. The average molecular weight is 479 g/mol. The number of ether oxygens (including phenoxy) is 2. The minimum Gasteiger partial charge on any atom is -0.444 e. The maximum Gasteiger partial charge on any atom is 0.410 e. The van der Waals surface area contributed by atoms with Gasteiger partial charge in [0.15, 0.2) is 0 Å². The third-order valence-corrected chi connectivity index (χ3v) is 6.49. The third kappa shape index (κ3) is 5.51. The molecule has 0 unspecified atom stereocenters. The first-order valence-corrected chi connectivity index (χ1v) is 12.4. The maximum absolute atomic E-state index is 12.4. The number of fused-ring (bicyclic) bond motifs is 1. The molecule has 0 radical (unpaired) electrons. The molecule has 0 aliphatic carbocycles. The summed E-state index contributed by atoms with van der Waals surface area (Å²) in [5, 5.41) is 8.12. The highest BCUT2D eigenvalue weighted by Gasteiger charge is 2.28. The molecule has 186 valence electrons. The molecule has 0 spiro atoms. The van der Waals surface area contributed by atoms with E-state index >= 15 is 0 Å². The Hall–Kier alpha value is -3.33. The first-order chi connectivity index (χ1) is 16.9. The van der Waals surface area contributed by atoms with E-state index in [2.05, 4.69) is 51.6 Å². The Morgan fingerprint density at radius 3 is 2.43 bits per heavy atom. The highest BCUT2D eigenvalue weighted by Crippen LogP contribution is 2.30. The van der Waals surface area contributed by atoms with Gasteiger partial charge in [0, 0.05) is 49.2 Å². The van der Waals surface area contributed by atoms with E-state index < -0.39 is 5.60 Å². The molecule has 2 fully saturated rings. The topological polar surface area (TPSA) is 84.2 Å². The van der Waals surface area contributed by atoms with Crippen LogP contribution in [0.5, 0.6) is 0 Å². The summed E-state index contributed by atoms with van der Waals surface area (Å²) in [4.78, 5) is 21.0. The van der Waals surface area contributed by atoms with E-state index in [1.165, 1.54) is 5.69 Å². The quantitative estimate of drug-likeness (QED) is 0.594. The summed E-state index contributed by atoms with van der Waals surface area (Å²) < 4.78 is 13.0. The van der Waals surface area contributed by atoms with Crippen molar-refractivity contribution in [3.05, 3.63) is 48.3 Å². The van der Waals surface area contributed by atoms with E-state index in [4.69, 9.17) is 14.6 Å². The van der Waals surface area contributed by atoms with Crippen molar-refractivity contribution < 1.29 is 14.3 Å². The van der Waals surface area contributed by atoms with Gasteiger partial charge >= 0.3 is 6.09 Å². The van der Waals surface area contributed by atoms with Crippen LogP contribution in [0.3, 0.4) is 0 Å². The fourth-order valence-electron chi connectivity index (χ4n) is 4.68. The SMILES string of the molecule is CC(C)(C)OC(=O)N1CCC(c2ccc3cnc(Nc4ccc(N5CCOCC5)cc4)nn23)CC1. The van der Waals surface area contributed by atoms with Gasteiger partial charge in [-0.2, -0.15) is 0 Å². The number of anilines is 3. The molecule has 1 amide bonds. The number of carbonyl (C=O) groups is 1. The van der Waals surface area contributed by atoms with Crippen molar-refractivity contribution in [3.63, 3.8) is 0 Å². The van der Waals surface area contributed by atoms with Crippen LogP contribution in [-0.2, 0) is 9.47 Å². The number of nitrogens with one attached hydrogen (secondary N) is 1. The summed E-state index contributed by atoms with van der Waals surface area (Å²) in [5.74, 6) is 0.881. The van der Waals surface area contributed by atoms with Crippen LogP contribution >= 0.6 is 0 Å². The molecule has 2 aromatic heterocycles.